The number of thioether (sulfide) groups is 1. The standard InChI is InChI=1S/C14H22N2OS/c1-13(2,14(3,4)15)12(17)16-10-6-8-11(18-5)9-7-10/h6-9H,15H2,1-5H3,(H,16,17). The van der Waals surface area contributed by atoms with Crippen molar-refractivity contribution in [3.8, 4) is 0 Å². The van der Waals surface area contributed by atoms with Crippen LogP contribution in [0.4, 0.5) is 5.69 Å². The Labute approximate surface area is 114 Å². The second-order valence-electron chi connectivity index (χ2n) is 5.53. The van der Waals surface area contributed by atoms with Gasteiger partial charge in [-0.1, -0.05) is 0 Å². The molecule has 0 atom stereocenters. The van der Waals surface area contributed by atoms with Crippen LogP contribution in [0, 0.1) is 5.41 Å². The number of nitrogens with one attached hydrogen (secondary N) is 1. The fourth-order valence-corrected chi connectivity index (χ4v) is 1.66. The number of carbonyl (C=O) groups is 1. The maximum Gasteiger partial charge on any atom is 0.231 e. The van der Waals surface area contributed by atoms with E-state index in [1.807, 2.05) is 58.2 Å². The smallest absolute Gasteiger partial charge is 0.231 e. The number of hydrogen-bond donors (Lipinski definition) is 2. The zero-order valence-corrected chi connectivity index (χ0v) is 12.5. The molecule has 0 aromatic heterocycles. The van der Waals surface area contributed by atoms with Crippen LogP contribution in [0.3, 0.4) is 0 Å². The number of nitrogens with two attached hydrogens (primary N) is 1. The lowest BCUT2D eigenvalue weighted by Gasteiger charge is -2.36. The van der Waals surface area contributed by atoms with Gasteiger partial charge in [-0.15, -0.1) is 11.8 Å². The zero-order valence-electron chi connectivity index (χ0n) is 11.7. The summed E-state index contributed by atoms with van der Waals surface area (Å²) >= 11 is 1.67. The maximum atomic E-state index is 12.2. The predicted molar refractivity (Wildman–Crippen MR) is 78.9 cm³/mol. The van der Waals surface area contributed by atoms with Gasteiger partial charge >= 0.3 is 0 Å². The lowest BCUT2D eigenvalue weighted by molar-refractivity contribution is -0.126. The molecule has 1 amide bonds. The van der Waals surface area contributed by atoms with Gasteiger partial charge in [-0.25, -0.2) is 0 Å². The van der Waals surface area contributed by atoms with Gasteiger partial charge in [0.1, 0.15) is 0 Å². The quantitative estimate of drug-likeness (QED) is 0.823. The SMILES string of the molecule is CSc1ccc(NC(=O)C(C)(C)C(C)(C)N)cc1. The van der Waals surface area contributed by atoms with Crippen molar-refractivity contribution in [2.45, 2.75) is 38.1 Å². The average molecular weight is 266 g/mol. The Morgan fingerprint density at radius 1 is 1.17 bits per heavy atom. The number of benzene rings is 1. The summed E-state index contributed by atoms with van der Waals surface area (Å²) < 4.78 is 0. The lowest BCUT2D eigenvalue weighted by atomic mass is 9.74. The van der Waals surface area contributed by atoms with Crippen LogP contribution in [0.1, 0.15) is 27.7 Å². The molecule has 0 saturated carbocycles. The first kappa shape index (κ1) is 15.1. The summed E-state index contributed by atoms with van der Waals surface area (Å²) in [6.45, 7) is 7.45. The molecule has 1 aromatic rings. The molecule has 1 aromatic carbocycles. The highest BCUT2D eigenvalue weighted by molar-refractivity contribution is 7.98. The molecule has 0 aliphatic carbocycles. The van der Waals surface area contributed by atoms with Gasteiger partial charge in [-0.2, -0.15) is 0 Å². The zero-order chi connectivity index (χ0) is 14.0. The van der Waals surface area contributed by atoms with Gasteiger partial charge in [-0.3, -0.25) is 4.79 Å². The number of anilines is 1. The van der Waals surface area contributed by atoms with E-state index in [2.05, 4.69) is 5.32 Å². The molecular formula is C14H22N2OS. The highest BCUT2D eigenvalue weighted by Crippen LogP contribution is 2.30. The van der Waals surface area contributed by atoms with E-state index >= 15 is 0 Å². The largest absolute Gasteiger partial charge is 0.326 e. The summed E-state index contributed by atoms with van der Waals surface area (Å²) in [5.41, 5.74) is 5.64. The Balaban J connectivity index is 2.81. The Bertz CT molecular complexity index is 418. The Morgan fingerprint density at radius 3 is 2.06 bits per heavy atom. The maximum absolute atomic E-state index is 12.2. The van der Waals surface area contributed by atoms with Crippen LogP contribution in [0.25, 0.3) is 0 Å². The van der Waals surface area contributed by atoms with Crippen LogP contribution < -0.4 is 11.1 Å². The third kappa shape index (κ3) is 3.27. The molecule has 0 heterocycles. The average Bonchev–Trinajstić information content (AvgIpc) is 2.28. The van der Waals surface area contributed by atoms with Gasteiger partial charge in [0.15, 0.2) is 0 Å². The van der Waals surface area contributed by atoms with Crippen LogP contribution in [0.15, 0.2) is 29.2 Å². The lowest BCUT2D eigenvalue weighted by Crippen LogP contribution is -2.53. The van der Waals surface area contributed by atoms with Crippen molar-refractivity contribution in [3.05, 3.63) is 24.3 Å². The fraction of sp³-hybridized carbons (Fsp3) is 0.500. The number of carbonyl (C=O) groups excluding carboxylic acids is 1. The Morgan fingerprint density at radius 2 is 1.67 bits per heavy atom. The second-order valence-corrected chi connectivity index (χ2v) is 6.41. The van der Waals surface area contributed by atoms with Crippen LogP contribution in [-0.4, -0.2) is 17.7 Å². The third-order valence-electron chi connectivity index (χ3n) is 3.53. The van der Waals surface area contributed by atoms with E-state index < -0.39 is 11.0 Å². The van der Waals surface area contributed by atoms with Crippen molar-refractivity contribution in [2.75, 3.05) is 11.6 Å². The summed E-state index contributed by atoms with van der Waals surface area (Å²) in [6.07, 6.45) is 2.02. The topological polar surface area (TPSA) is 55.1 Å². The Kier molecular flexibility index (Phi) is 4.46. The number of rotatable bonds is 4. The summed E-state index contributed by atoms with van der Waals surface area (Å²) in [5.74, 6) is -0.0631. The van der Waals surface area contributed by atoms with Crippen molar-refractivity contribution in [3.63, 3.8) is 0 Å². The van der Waals surface area contributed by atoms with E-state index in [0.717, 1.165) is 5.69 Å². The van der Waals surface area contributed by atoms with E-state index in [0.29, 0.717) is 0 Å². The monoisotopic (exact) mass is 266 g/mol. The van der Waals surface area contributed by atoms with Crippen LogP contribution in [-0.2, 0) is 4.79 Å². The molecular weight excluding hydrogens is 244 g/mol. The van der Waals surface area contributed by atoms with Gasteiger partial charge in [0.05, 0.1) is 5.41 Å². The van der Waals surface area contributed by atoms with Gasteiger partial charge in [0, 0.05) is 16.1 Å². The summed E-state index contributed by atoms with van der Waals surface area (Å²) in [6, 6.07) is 7.79. The van der Waals surface area contributed by atoms with Gasteiger partial charge in [0.2, 0.25) is 5.91 Å². The fourth-order valence-electron chi connectivity index (χ4n) is 1.25. The minimum Gasteiger partial charge on any atom is -0.326 e. The van der Waals surface area contributed by atoms with Crippen molar-refractivity contribution in [1.82, 2.24) is 0 Å². The minimum absolute atomic E-state index is 0.0631. The molecule has 0 aliphatic heterocycles. The number of hydrogen-bond acceptors (Lipinski definition) is 3. The molecule has 3 nitrogen and oxygen atoms in total. The van der Waals surface area contributed by atoms with Gasteiger partial charge in [0.25, 0.3) is 0 Å². The first-order valence-corrected chi connectivity index (χ1v) is 7.15. The molecule has 4 heteroatoms. The van der Waals surface area contributed by atoms with Gasteiger partial charge in [-0.05, 0) is 58.2 Å². The van der Waals surface area contributed by atoms with Crippen molar-refractivity contribution in [1.29, 1.82) is 0 Å². The highest BCUT2D eigenvalue weighted by Gasteiger charge is 2.40. The minimum atomic E-state index is -0.634. The van der Waals surface area contributed by atoms with E-state index in [1.165, 1.54) is 4.90 Å². The normalized spacial score (nSPS) is 12.3. The third-order valence-corrected chi connectivity index (χ3v) is 4.27. The van der Waals surface area contributed by atoms with E-state index in [4.69, 9.17) is 5.73 Å². The molecule has 0 unspecified atom stereocenters. The highest BCUT2D eigenvalue weighted by atomic mass is 32.2. The summed E-state index contributed by atoms with van der Waals surface area (Å²) in [7, 11) is 0. The Hall–Kier alpha value is -1.00. The number of amides is 1. The van der Waals surface area contributed by atoms with Crippen LogP contribution in [0.2, 0.25) is 0 Å². The summed E-state index contributed by atoms with van der Waals surface area (Å²) in [4.78, 5) is 13.4. The van der Waals surface area contributed by atoms with Crippen molar-refractivity contribution >= 4 is 23.4 Å². The molecule has 100 valence electrons. The van der Waals surface area contributed by atoms with E-state index in [-0.39, 0.29) is 5.91 Å². The first-order valence-electron chi connectivity index (χ1n) is 5.93. The first-order chi connectivity index (χ1) is 8.18. The second kappa shape index (κ2) is 5.33. The molecule has 3 N–H and O–H groups in total. The molecule has 0 bridgehead atoms. The van der Waals surface area contributed by atoms with Crippen LogP contribution >= 0.6 is 11.8 Å². The van der Waals surface area contributed by atoms with Crippen LogP contribution in [0.5, 0.6) is 0 Å². The molecule has 0 aliphatic rings. The molecule has 0 spiro atoms. The van der Waals surface area contributed by atoms with E-state index in [9.17, 15) is 4.79 Å². The molecule has 1 rings (SSSR count). The van der Waals surface area contributed by atoms with Crippen molar-refractivity contribution < 1.29 is 4.79 Å². The molecule has 18 heavy (non-hydrogen) atoms. The molecule has 0 fully saturated rings. The van der Waals surface area contributed by atoms with E-state index in [1.54, 1.807) is 11.8 Å². The summed E-state index contributed by atoms with van der Waals surface area (Å²) in [5, 5.41) is 2.91. The van der Waals surface area contributed by atoms with Gasteiger partial charge < -0.3 is 11.1 Å². The molecule has 0 saturated heterocycles. The molecule has 0 radical (unpaired) electrons. The predicted octanol–water partition coefficient (Wildman–Crippen LogP) is 3.11. The van der Waals surface area contributed by atoms with Crippen molar-refractivity contribution in [2.24, 2.45) is 11.1 Å².